The van der Waals surface area contributed by atoms with Crippen molar-refractivity contribution in [2.24, 2.45) is 5.73 Å². The van der Waals surface area contributed by atoms with Gasteiger partial charge in [0.05, 0.1) is 15.5 Å². The van der Waals surface area contributed by atoms with Gasteiger partial charge in [-0.25, -0.2) is 0 Å². The third-order valence-corrected chi connectivity index (χ3v) is 3.65. The molecule has 0 aliphatic rings. The minimum atomic E-state index is -0.494. The number of halogens is 2. The van der Waals surface area contributed by atoms with Crippen LogP contribution in [0.3, 0.4) is 0 Å². The summed E-state index contributed by atoms with van der Waals surface area (Å²) < 4.78 is 5.61. The highest BCUT2D eigenvalue weighted by atomic mass is 35.5. The number of hydrogen-bond donors (Lipinski definition) is 1. The monoisotopic (exact) mass is 326 g/mol. The van der Waals surface area contributed by atoms with Gasteiger partial charge in [-0.3, -0.25) is 10.1 Å². The van der Waals surface area contributed by atoms with E-state index in [2.05, 4.69) is 0 Å². The topological polar surface area (TPSA) is 78.4 Å². The molecule has 110 valence electrons. The van der Waals surface area contributed by atoms with Crippen molar-refractivity contribution >= 4 is 28.9 Å². The third-order valence-electron chi connectivity index (χ3n) is 2.94. The van der Waals surface area contributed by atoms with Gasteiger partial charge in [-0.05, 0) is 18.2 Å². The van der Waals surface area contributed by atoms with Crippen LogP contribution in [0, 0.1) is 10.1 Å². The van der Waals surface area contributed by atoms with Crippen LogP contribution in [0.5, 0.6) is 5.75 Å². The summed E-state index contributed by atoms with van der Waals surface area (Å²) in [5.74, 6) is 0.485. The van der Waals surface area contributed by atoms with Gasteiger partial charge in [-0.15, -0.1) is 0 Å². The predicted octanol–water partition coefficient (Wildman–Crippen LogP) is 3.94. The zero-order chi connectivity index (χ0) is 15.4. The maximum Gasteiger partial charge on any atom is 0.277 e. The summed E-state index contributed by atoms with van der Waals surface area (Å²) in [6.07, 6.45) is 0. The number of hydrogen-bond acceptors (Lipinski definition) is 4. The van der Waals surface area contributed by atoms with Gasteiger partial charge in [0.15, 0.2) is 0 Å². The van der Waals surface area contributed by atoms with Crippen molar-refractivity contribution in [3.05, 3.63) is 67.7 Å². The lowest BCUT2D eigenvalue weighted by Gasteiger charge is -2.12. The van der Waals surface area contributed by atoms with Gasteiger partial charge in [0, 0.05) is 23.2 Å². The van der Waals surface area contributed by atoms with E-state index in [1.807, 2.05) is 0 Å². The van der Waals surface area contributed by atoms with E-state index in [0.717, 1.165) is 0 Å². The van der Waals surface area contributed by atoms with Crippen molar-refractivity contribution in [3.8, 4) is 5.75 Å². The second kappa shape index (κ2) is 6.76. The highest BCUT2D eigenvalue weighted by Gasteiger charge is 2.17. The van der Waals surface area contributed by atoms with Crippen LogP contribution in [0.15, 0.2) is 36.4 Å². The third kappa shape index (κ3) is 3.44. The number of nitrogens with two attached hydrogens (primary N) is 1. The Labute approximate surface area is 131 Å². The SMILES string of the molecule is NCc1c(Cl)cccc1OCc1c(Cl)cccc1[N+](=O)[O-]. The maximum atomic E-state index is 11.0. The quantitative estimate of drug-likeness (QED) is 0.666. The fraction of sp³-hybridized carbons (Fsp3) is 0.143. The molecule has 0 atom stereocenters. The molecule has 0 radical (unpaired) electrons. The van der Waals surface area contributed by atoms with Crippen molar-refractivity contribution in [2.75, 3.05) is 0 Å². The molecule has 0 spiro atoms. The highest BCUT2D eigenvalue weighted by Crippen LogP contribution is 2.30. The van der Waals surface area contributed by atoms with E-state index >= 15 is 0 Å². The second-order valence-electron chi connectivity index (χ2n) is 4.20. The van der Waals surface area contributed by atoms with E-state index < -0.39 is 4.92 Å². The Balaban J connectivity index is 2.29. The van der Waals surface area contributed by atoms with E-state index in [0.29, 0.717) is 21.9 Å². The zero-order valence-electron chi connectivity index (χ0n) is 10.9. The van der Waals surface area contributed by atoms with Crippen LogP contribution in [-0.2, 0) is 13.2 Å². The van der Waals surface area contributed by atoms with Crippen molar-refractivity contribution in [1.82, 2.24) is 0 Å². The standard InChI is InChI=1S/C14H12Cl2N2O3/c15-11-4-2-6-14(9(11)7-17)21-8-10-12(16)3-1-5-13(10)18(19)20/h1-6H,7-8,17H2. The molecule has 0 unspecified atom stereocenters. The minimum absolute atomic E-state index is 0.0384. The molecule has 0 aromatic heterocycles. The highest BCUT2D eigenvalue weighted by molar-refractivity contribution is 6.32. The van der Waals surface area contributed by atoms with Gasteiger partial charge in [0.2, 0.25) is 0 Å². The maximum absolute atomic E-state index is 11.0. The van der Waals surface area contributed by atoms with Crippen molar-refractivity contribution < 1.29 is 9.66 Å². The fourth-order valence-corrected chi connectivity index (χ4v) is 2.35. The number of nitro benzene ring substituents is 1. The van der Waals surface area contributed by atoms with Crippen LogP contribution in [0.25, 0.3) is 0 Å². The van der Waals surface area contributed by atoms with Crippen LogP contribution in [0.4, 0.5) is 5.69 Å². The summed E-state index contributed by atoms with van der Waals surface area (Å²) in [6, 6.07) is 9.61. The van der Waals surface area contributed by atoms with Crippen LogP contribution < -0.4 is 10.5 Å². The van der Waals surface area contributed by atoms with Crippen LogP contribution in [0.2, 0.25) is 10.0 Å². The molecule has 0 saturated carbocycles. The molecule has 0 fully saturated rings. The largest absolute Gasteiger partial charge is 0.488 e. The lowest BCUT2D eigenvalue weighted by Crippen LogP contribution is -2.05. The Morgan fingerprint density at radius 3 is 2.33 bits per heavy atom. The zero-order valence-corrected chi connectivity index (χ0v) is 12.4. The van der Waals surface area contributed by atoms with E-state index in [9.17, 15) is 10.1 Å². The Bertz CT molecular complexity index is 677. The molecule has 2 aromatic rings. The molecule has 5 nitrogen and oxygen atoms in total. The first kappa shape index (κ1) is 15.6. The van der Waals surface area contributed by atoms with E-state index in [-0.39, 0.29) is 23.9 Å². The fourth-order valence-electron chi connectivity index (χ4n) is 1.88. The van der Waals surface area contributed by atoms with Gasteiger partial charge in [0.25, 0.3) is 5.69 Å². The molecular weight excluding hydrogens is 315 g/mol. The first-order valence-corrected chi connectivity index (χ1v) is 6.82. The normalized spacial score (nSPS) is 10.4. The summed E-state index contributed by atoms with van der Waals surface area (Å²) in [4.78, 5) is 10.5. The van der Waals surface area contributed by atoms with Gasteiger partial charge in [-0.2, -0.15) is 0 Å². The average Bonchev–Trinajstić information content (AvgIpc) is 2.45. The molecule has 2 rings (SSSR count). The molecule has 0 saturated heterocycles. The van der Waals surface area contributed by atoms with Crippen LogP contribution in [-0.4, -0.2) is 4.92 Å². The molecule has 0 aliphatic heterocycles. The molecule has 0 amide bonds. The smallest absolute Gasteiger partial charge is 0.277 e. The number of rotatable bonds is 5. The molecule has 0 aliphatic carbocycles. The summed E-state index contributed by atoms with van der Waals surface area (Å²) in [7, 11) is 0. The van der Waals surface area contributed by atoms with Crippen molar-refractivity contribution in [1.29, 1.82) is 0 Å². The summed E-state index contributed by atoms with van der Waals surface area (Å²) in [5.41, 5.74) is 6.50. The van der Waals surface area contributed by atoms with Crippen LogP contribution in [0.1, 0.15) is 11.1 Å². The predicted molar refractivity (Wildman–Crippen MR) is 81.8 cm³/mol. The van der Waals surface area contributed by atoms with Crippen molar-refractivity contribution in [2.45, 2.75) is 13.2 Å². The van der Waals surface area contributed by atoms with E-state index in [1.54, 1.807) is 24.3 Å². The molecular formula is C14H12Cl2N2O3. The molecule has 0 bridgehead atoms. The molecule has 2 aromatic carbocycles. The number of benzene rings is 2. The molecule has 21 heavy (non-hydrogen) atoms. The Morgan fingerprint density at radius 1 is 1.10 bits per heavy atom. The molecule has 7 heteroatoms. The minimum Gasteiger partial charge on any atom is -0.488 e. The second-order valence-corrected chi connectivity index (χ2v) is 5.02. The Kier molecular flexibility index (Phi) is 5.01. The average molecular weight is 327 g/mol. The number of ether oxygens (including phenoxy) is 1. The summed E-state index contributed by atoms with van der Waals surface area (Å²) >= 11 is 12.0. The Hall–Kier alpha value is -1.82. The molecule has 0 heterocycles. The van der Waals surface area contributed by atoms with Gasteiger partial charge in [0.1, 0.15) is 12.4 Å². The van der Waals surface area contributed by atoms with Crippen LogP contribution >= 0.6 is 23.2 Å². The first-order valence-electron chi connectivity index (χ1n) is 6.06. The number of nitrogens with zero attached hydrogens (tertiary/aromatic N) is 1. The first-order chi connectivity index (χ1) is 10.0. The van der Waals surface area contributed by atoms with Gasteiger partial charge < -0.3 is 10.5 Å². The van der Waals surface area contributed by atoms with E-state index in [4.69, 9.17) is 33.7 Å². The lowest BCUT2D eigenvalue weighted by atomic mass is 10.2. The molecule has 2 N–H and O–H groups in total. The lowest BCUT2D eigenvalue weighted by molar-refractivity contribution is -0.385. The summed E-state index contributed by atoms with van der Waals surface area (Å²) in [6.45, 7) is 0.170. The van der Waals surface area contributed by atoms with E-state index in [1.165, 1.54) is 12.1 Å². The van der Waals surface area contributed by atoms with Crippen molar-refractivity contribution in [3.63, 3.8) is 0 Å². The van der Waals surface area contributed by atoms with Gasteiger partial charge >= 0.3 is 0 Å². The number of nitro groups is 1. The summed E-state index contributed by atoms with van der Waals surface area (Å²) in [5, 5.41) is 11.8. The van der Waals surface area contributed by atoms with Gasteiger partial charge in [-0.1, -0.05) is 35.3 Å². The Morgan fingerprint density at radius 2 is 1.71 bits per heavy atom.